The topological polar surface area (TPSA) is 0 Å². The van der Waals surface area contributed by atoms with E-state index in [2.05, 4.69) is 122 Å². The molecule has 0 fully saturated rings. The maximum atomic E-state index is 4.10. The predicted molar refractivity (Wildman–Crippen MR) is 130 cm³/mol. The number of fused-ring (bicyclic) bond motifs is 3. The quantitative estimate of drug-likeness (QED) is 0.357. The first-order valence-electron chi connectivity index (χ1n) is 9.97. The van der Waals surface area contributed by atoms with Crippen LogP contribution in [-0.4, -0.2) is 0 Å². The second-order valence-electron chi connectivity index (χ2n) is 7.99. The predicted octanol–water partition coefficient (Wildman–Crippen LogP) is 8.43. The molecule has 0 unspecified atom stereocenters. The third-order valence-electron chi connectivity index (χ3n) is 5.94. The Bertz CT molecular complexity index is 1140. The molecule has 0 saturated carbocycles. The van der Waals surface area contributed by atoms with Crippen molar-refractivity contribution < 1.29 is 0 Å². The molecule has 0 N–H and O–H groups in total. The second-order valence-corrected chi connectivity index (χ2v) is 8.90. The Morgan fingerprint density at radius 2 is 1.48 bits per heavy atom. The van der Waals surface area contributed by atoms with E-state index in [0.717, 1.165) is 10.0 Å². The van der Waals surface area contributed by atoms with Gasteiger partial charge >= 0.3 is 0 Å². The summed E-state index contributed by atoms with van der Waals surface area (Å²) in [4.78, 5) is 0. The van der Waals surface area contributed by atoms with Crippen molar-refractivity contribution in [3.05, 3.63) is 118 Å². The molecule has 0 aliphatic heterocycles. The van der Waals surface area contributed by atoms with Crippen LogP contribution in [0.15, 0.2) is 96.0 Å². The third kappa shape index (κ3) is 3.45. The van der Waals surface area contributed by atoms with Gasteiger partial charge in [0.1, 0.15) is 0 Å². The van der Waals surface area contributed by atoms with E-state index in [-0.39, 0.29) is 5.41 Å². The van der Waals surface area contributed by atoms with Crippen molar-refractivity contribution in [1.29, 1.82) is 0 Å². The number of allylic oxidation sites excluding steroid dienone is 5. The van der Waals surface area contributed by atoms with Crippen molar-refractivity contribution in [3.8, 4) is 11.1 Å². The zero-order valence-corrected chi connectivity index (χ0v) is 18.8. The van der Waals surface area contributed by atoms with Crippen LogP contribution in [0.4, 0.5) is 0 Å². The van der Waals surface area contributed by atoms with Crippen molar-refractivity contribution in [3.63, 3.8) is 0 Å². The first kappa shape index (κ1) is 19.7. The van der Waals surface area contributed by atoms with Gasteiger partial charge < -0.3 is 0 Å². The van der Waals surface area contributed by atoms with Gasteiger partial charge in [-0.15, -0.1) is 0 Å². The zero-order valence-electron chi connectivity index (χ0n) is 17.2. The number of benzene rings is 3. The van der Waals surface area contributed by atoms with Crippen molar-refractivity contribution in [2.24, 2.45) is 0 Å². The first-order valence-corrected chi connectivity index (χ1v) is 10.8. The van der Waals surface area contributed by atoms with E-state index in [4.69, 9.17) is 0 Å². The summed E-state index contributed by atoms with van der Waals surface area (Å²) in [6, 6.07) is 24.0. The van der Waals surface area contributed by atoms with Gasteiger partial charge in [0, 0.05) is 9.89 Å². The van der Waals surface area contributed by atoms with Crippen LogP contribution in [0.25, 0.3) is 22.3 Å². The van der Waals surface area contributed by atoms with E-state index >= 15 is 0 Å². The molecule has 0 aromatic heterocycles. The van der Waals surface area contributed by atoms with E-state index in [1.54, 1.807) is 0 Å². The average molecular weight is 441 g/mol. The minimum atomic E-state index is 0.00332. The van der Waals surface area contributed by atoms with Gasteiger partial charge in [-0.3, -0.25) is 0 Å². The molecule has 0 amide bonds. The highest BCUT2D eigenvalue weighted by atomic mass is 79.9. The zero-order chi connectivity index (χ0) is 20.6. The van der Waals surface area contributed by atoms with Gasteiger partial charge in [-0.2, -0.15) is 0 Å². The Balaban J connectivity index is 1.78. The summed E-state index contributed by atoms with van der Waals surface area (Å²) in [6.07, 6.45) is 6.34. The molecule has 0 radical (unpaired) electrons. The molecule has 0 atom stereocenters. The van der Waals surface area contributed by atoms with Gasteiger partial charge in [0.25, 0.3) is 0 Å². The monoisotopic (exact) mass is 440 g/mol. The smallest absolute Gasteiger partial charge is 0.0175 e. The molecule has 3 aromatic rings. The van der Waals surface area contributed by atoms with E-state index in [1.807, 2.05) is 6.08 Å². The maximum absolute atomic E-state index is 4.10. The van der Waals surface area contributed by atoms with Gasteiger partial charge in [0.05, 0.1) is 0 Å². The first-order chi connectivity index (χ1) is 14.0. The fourth-order valence-electron chi connectivity index (χ4n) is 4.29. The molecule has 1 heteroatoms. The molecule has 0 heterocycles. The van der Waals surface area contributed by atoms with E-state index < -0.39 is 0 Å². The molecule has 29 heavy (non-hydrogen) atoms. The standard InChI is InChI=1S/C28H25Br/c1-5-19(21-11-14-23(29)15-12-21)17-20(6-2)22-13-16-25-24-9-7-8-10-26(24)28(3,4)27(25)18-22/h5-18H,2H2,1,3-4H3/b19-5+,20-17+. The molecular formula is C28H25Br. The summed E-state index contributed by atoms with van der Waals surface area (Å²) < 4.78 is 1.09. The molecule has 0 nitrogen and oxygen atoms in total. The van der Waals surface area contributed by atoms with E-state index in [0.29, 0.717) is 0 Å². The lowest BCUT2D eigenvalue weighted by Gasteiger charge is -2.22. The summed E-state index contributed by atoms with van der Waals surface area (Å²) in [5, 5.41) is 0. The summed E-state index contributed by atoms with van der Waals surface area (Å²) in [6.45, 7) is 10.8. The lowest BCUT2D eigenvalue weighted by Crippen LogP contribution is -2.15. The Labute approximate surface area is 182 Å². The minimum Gasteiger partial charge on any atom is -0.0984 e. The number of rotatable bonds is 4. The van der Waals surface area contributed by atoms with Crippen LogP contribution < -0.4 is 0 Å². The Morgan fingerprint density at radius 3 is 2.17 bits per heavy atom. The SMILES string of the molecule is C=C/C(=C\C(=C/C)c1ccc(Br)cc1)c1ccc2c(c1)C(C)(C)c1ccccc1-2. The Hall–Kier alpha value is -2.64. The fraction of sp³-hybridized carbons (Fsp3) is 0.143. The number of hydrogen-bond acceptors (Lipinski definition) is 0. The molecule has 1 aliphatic rings. The molecule has 1 aliphatic carbocycles. The lowest BCUT2D eigenvalue weighted by atomic mass is 9.81. The van der Waals surface area contributed by atoms with Crippen LogP contribution in [0.2, 0.25) is 0 Å². The Morgan fingerprint density at radius 1 is 0.828 bits per heavy atom. The normalized spacial score (nSPS) is 15.0. The molecule has 3 aromatic carbocycles. The van der Waals surface area contributed by atoms with Crippen LogP contribution in [0.5, 0.6) is 0 Å². The summed E-state index contributed by atoms with van der Waals surface area (Å²) in [7, 11) is 0. The van der Waals surface area contributed by atoms with Gasteiger partial charge in [0.2, 0.25) is 0 Å². The molecule has 4 rings (SSSR count). The van der Waals surface area contributed by atoms with Crippen LogP contribution >= 0.6 is 15.9 Å². The summed E-state index contributed by atoms with van der Waals surface area (Å²) >= 11 is 3.52. The summed E-state index contributed by atoms with van der Waals surface area (Å²) in [5.41, 5.74) is 10.2. The second kappa shape index (κ2) is 7.65. The van der Waals surface area contributed by atoms with Crippen molar-refractivity contribution in [1.82, 2.24) is 0 Å². The van der Waals surface area contributed by atoms with Crippen molar-refractivity contribution in [2.75, 3.05) is 0 Å². The maximum Gasteiger partial charge on any atom is 0.0175 e. The highest BCUT2D eigenvalue weighted by Gasteiger charge is 2.35. The van der Waals surface area contributed by atoms with Gasteiger partial charge in [-0.05, 0) is 75.7 Å². The largest absolute Gasteiger partial charge is 0.0984 e. The lowest BCUT2D eigenvalue weighted by molar-refractivity contribution is 0.660. The van der Waals surface area contributed by atoms with Gasteiger partial charge in [0.15, 0.2) is 0 Å². The molecule has 144 valence electrons. The molecular weight excluding hydrogens is 416 g/mol. The van der Waals surface area contributed by atoms with Crippen molar-refractivity contribution in [2.45, 2.75) is 26.2 Å². The van der Waals surface area contributed by atoms with Crippen LogP contribution in [0.3, 0.4) is 0 Å². The molecule has 0 bridgehead atoms. The summed E-state index contributed by atoms with van der Waals surface area (Å²) in [5.74, 6) is 0. The highest BCUT2D eigenvalue weighted by Crippen LogP contribution is 2.49. The van der Waals surface area contributed by atoms with Crippen molar-refractivity contribution >= 4 is 27.1 Å². The van der Waals surface area contributed by atoms with E-state index in [9.17, 15) is 0 Å². The average Bonchev–Trinajstić information content (AvgIpc) is 2.97. The van der Waals surface area contributed by atoms with Crippen LogP contribution in [0.1, 0.15) is 43.0 Å². The number of halogens is 1. The molecule has 0 saturated heterocycles. The van der Waals surface area contributed by atoms with Gasteiger partial charge in [-0.1, -0.05) is 97.0 Å². The fourth-order valence-corrected chi connectivity index (χ4v) is 4.55. The van der Waals surface area contributed by atoms with Gasteiger partial charge in [-0.25, -0.2) is 0 Å². The highest BCUT2D eigenvalue weighted by molar-refractivity contribution is 9.10. The minimum absolute atomic E-state index is 0.00332. The third-order valence-corrected chi connectivity index (χ3v) is 6.46. The number of hydrogen-bond donors (Lipinski definition) is 0. The Kier molecular flexibility index (Phi) is 5.19. The van der Waals surface area contributed by atoms with Crippen LogP contribution in [0, 0.1) is 0 Å². The van der Waals surface area contributed by atoms with Crippen LogP contribution in [-0.2, 0) is 5.41 Å². The molecule has 0 spiro atoms. The van der Waals surface area contributed by atoms with E-state index in [1.165, 1.54) is 39.0 Å².